The van der Waals surface area contributed by atoms with Gasteiger partial charge in [0.25, 0.3) is 0 Å². The van der Waals surface area contributed by atoms with Crippen molar-refractivity contribution in [3.63, 3.8) is 0 Å². The number of hydrogen-bond donors (Lipinski definition) is 0. The van der Waals surface area contributed by atoms with Crippen molar-refractivity contribution >= 4 is 0 Å². The van der Waals surface area contributed by atoms with Gasteiger partial charge in [-0.05, 0) is 33.0 Å². The molecule has 0 aromatic carbocycles. The van der Waals surface area contributed by atoms with E-state index in [1.54, 1.807) is 0 Å². The van der Waals surface area contributed by atoms with Crippen molar-refractivity contribution in [1.29, 1.82) is 0 Å². The molecule has 0 heterocycles. The Kier molecular flexibility index (Phi) is 22.4. The van der Waals surface area contributed by atoms with E-state index in [0.29, 0.717) is 18.8 Å². The van der Waals surface area contributed by atoms with Crippen LogP contribution in [0.3, 0.4) is 0 Å². The summed E-state index contributed by atoms with van der Waals surface area (Å²) in [6, 6.07) is 0.847. The molecule has 0 aliphatic heterocycles. The topological polar surface area (TPSA) is 31.4 Å². The monoisotopic (exact) mass is 423 g/mol. The van der Waals surface area contributed by atoms with Crippen LogP contribution in [0.2, 0.25) is 0 Å². The average molecular weight is 423 g/mol. The van der Waals surface area contributed by atoms with Gasteiger partial charge in [0.15, 0.2) is 0 Å². The fourth-order valence-electron chi connectivity index (χ4n) is 2.11. The first kappa shape index (κ1) is 26.9. The van der Waals surface area contributed by atoms with Crippen molar-refractivity contribution in [1.82, 2.24) is 4.90 Å². The largest absolute Gasteiger partial charge is 0.678 e. The van der Waals surface area contributed by atoms with Crippen LogP contribution in [-0.2, 0) is 0 Å². The molecule has 0 saturated heterocycles. The van der Waals surface area contributed by atoms with Gasteiger partial charge in [-0.25, -0.2) is 0 Å². The summed E-state index contributed by atoms with van der Waals surface area (Å²) in [5.74, 6) is 1.06. The normalized spacial score (nSPS) is 14.7. The van der Waals surface area contributed by atoms with Gasteiger partial charge >= 0.3 is 0 Å². The van der Waals surface area contributed by atoms with E-state index in [-0.39, 0.29) is 43.0 Å². The number of nitrogens with zero attached hydrogens (tertiary/aromatic N) is 3. The van der Waals surface area contributed by atoms with Gasteiger partial charge in [0.2, 0.25) is 0 Å². The zero-order valence-electron chi connectivity index (χ0n) is 15.6. The Balaban J connectivity index is -0.000000284. The first-order chi connectivity index (χ1) is 8.91. The van der Waals surface area contributed by atoms with E-state index >= 15 is 0 Å². The van der Waals surface area contributed by atoms with E-state index in [4.69, 9.17) is 0 Å². The second kappa shape index (κ2) is 17.4. The molecule has 0 aromatic rings. The van der Waals surface area contributed by atoms with E-state index in [1.807, 2.05) is 0 Å². The Morgan fingerprint density at radius 2 is 1.38 bits per heavy atom. The van der Waals surface area contributed by atoms with Gasteiger partial charge in [0.1, 0.15) is 0 Å². The molecular weight excluding hydrogens is 385 g/mol. The van der Waals surface area contributed by atoms with Gasteiger partial charge in [-0.1, -0.05) is 53.4 Å². The minimum absolute atomic E-state index is 0. The van der Waals surface area contributed by atoms with Crippen LogP contribution in [0.15, 0.2) is 0 Å². The molecule has 1 fully saturated rings. The van der Waals surface area contributed by atoms with Gasteiger partial charge in [0, 0.05) is 35.6 Å². The van der Waals surface area contributed by atoms with Crippen molar-refractivity contribution in [3.05, 3.63) is 18.1 Å². The van der Waals surface area contributed by atoms with Gasteiger partial charge in [-0.3, -0.25) is 6.67 Å². The quantitative estimate of drug-likeness (QED) is 0.525. The van der Waals surface area contributed by atoms with Gasteiger partial charge in [-0.15, -0.1) is 12.1 Å². The van der Waals surface area contributed by atoms with Crippen molar-refractivity contribution in [2.45, 2.75) is 71.9 Å². The third-order valence-electron chi connectivity index (χ3n) is 3.35. The summed E-state index contributed by atoms with van der Waals surface area (Å²) >= 11 is 0. The van der Waals surface area contributed by atoms with Gasteiger partial charge in [0.05, 0.1) is 0 Å². The Morgan fingerprint density at radius 3 is 1.71 bits per heavy atom. The summed E-state index contributed by atoms with van der Waals surface area (Å²) in [5, 5.41) is 8.40. The van der Waals surface area contributed by atoms with E-state index in [9.17, 15) is 0 Å². The molecule has 127 valence electrons. The van der Waals surface area contributed by atoms with Crippen LogP contribution in [0.25, 0.3) is 10.6 Å². The third kappa shape index (κ3) is 21.1. The summed E-state index contributed by atoms with van der Waals surface area (Å²) in [5.41, 5.74) is 0. The standard InChI is InChI=1S/C9H19N.C7H16N2.CH3.La/c1-10(2)8-7-9-5-3-4-6-9;1-6(2)8-5-9-7(3)4;;/h9H,3-8H2,1-2H3;6-7H,5H2,1-4H3;1H3;/q;-2;-1;. The molecule has 1 radical (unpaired) electrons. The van der Waals surface area contributed by atoms with Crippen LogP contribution < -0.4 is 0 Å². The summed E-state index contributed by atoms with van der Waals surface area (Å²) in [7, 11) is 4.32. The van der Waals surface area contributed by atoms with Crippen molar-refractivity contribution in [3.8, 4) is 0 Å². The molecule has 0 spiro atoms. The first-order valence-electron chi connectivity index (χ1n) is 7.89. The molecule has 1 saturated carbocycles. The van der Waals surface area contributed by atoms with E-state index in [0.717, 1.165) is 5.92 Å². The predicted molar refractivity (Wildman–Crippen MR) is 93.4 cm³/mol. The summed E-state index contributed by atoms with van der Waals surface area (Å²) in [4.78, 5) is 2.29. The molecule has 0 amide bonds. The maximum Gasteiger partial charge on any atom is 0 e. The van der Waals surface area contributed by atoms with Crippen molar-refractivity contribution in [2.75, 3.05) is 27.3 Å². The smallest absolute Gasteiger partial charge is 0 e. The number of rotatable bonds is 7. The average Bonchev–Trinajstić information content (AvgIpc) is 2.79. The molecule has 4 heteroatoms. The fraction of sp³-hybridized carbons (Fsp3) is 0.941. The second-order valence-corrected chi connectivity index (χ2v) is 6.44. The molecule has 0 N–H and O–H groups in total. The van der Waals surface area contributed by atoms with Crippen LogP contribution in [-0.4, -0.2) is 44.3 Å². The Labute approximate surface area is 163 Å². The van der Waals surface area contributed by atoms with Crippen LogP contribution in [0.5, 0.6) is 0 Å². The molecule has 1 aliphatic carbocycles. The zero-order valence-corrected chi connectivity index (χ0v) is 19.2. The molecule has 21 heavy (non-hydrogen) atoms. The van der Waals surface area contributed by atoms with Crippen molar-refractivity contribution < 1.29 is 35.6 Å². The molecule has 0 unspecified atom stereocenters. The molecule has 1 rings (SSSR count). The number of hydrogen-bond acceptors (Lipinski definition) is 1. The minimum atomic E-state index is 0. The molecule has 1 aliphatic rings. The van der Waals surface area contributed by atoms with Crippen molar-refractivity contribution in [2.24, 2.45) is 5.92 Å². The Morgan fingerprint density at radius 1 is 0.952 bits per heavy atom. The zero-order chi connectivity index (χ0) is 14.7. The molecular formula is C17H38LaN3-3. The molecule has 0 atom stereocenters. The predicted octanol–water partition coefficient (Wildman–Crippen LogP) is 5.09. The van der Waals surface area contributed by atoms with E-state index < -0.39 is 0 Å². The first-order valence-corrected chi connectivity index (χ1v) is 7.89. The third-order valence-corrected chi connectivity index (χ3v) is 3.35. The molecule has 0 aromatic heterocycles. The van der Waals surface area contributed by atoms with Gasteiger partial charge < -0.3 is 23.0 Å². The fourth-order valence-corrected chi connectivity index (χ4v) is 2.11. The Bertz CT molecular complexity index is 182. The van der Waals surface area contributed by atoms with E-state index in [1.165, 1.54) is 38.6 Å². The Hall–Kier alpha value is 1.07. The van der Waals surface area contributed by atoms with Crippen LogP contribution in [0, 0.1) is 48.9 Å². The SMILES string of the molecule is CC(C)[N-]C[N-]C(C)C.CN(C)CCC1CCCC1.[CH3-].[La]. The summed E-state index contributed by atoms with van der Waals surface area (Å²) in [6.07, 6.45) is 7.38. The molecule has 0 bridgehead atoms. The van der Waals surface area contributed by atoms with Crippen LogP contribution in [0.1, 0.15) is 59.8 Å². The van der Waals surface area contributed by atoms with Crippen LogP contribution >= 0.6 is 0 Å². The summed E-state index contributed by atoms with van der Waals surface area (Å²) < 4.78 is 0. The maximum atomic E-state index is 4.20. The minimum Gasteiger partial charge on any atom is -0.678 e. The van der Waals surface area contributed by atoms with Gasteiger partial charge in [-0.2, -0.15) is 0 Å². The second-order valence-electron chi connectivity index (χ2n) is 6.44. The molecule has 3 nitrogen and oxygen atoms in total. The van der Waals surface area contributed by atoms with Crippen LogP contribution in [0.4, 0.5) is 0 Å². The summed E-state index contributed by atoms with van der Waals surface area (Å²) in [6.45, 7) is 10.2. The maximum absolute atomic E-state index is 4.20. The van der Waals surface area contributed by atoms with E-state index in [2.05, 4.69) is 57.3 Å².